The molecule has 0 atom stereocenters. The SMILES string of the molecule is COc1cc(Cl)ccc1-c1cnc[nH]c1=O. The van der Waals surface area contributed by atoms with E-state index in [9.17, 15) is 4.79 Å². The topological polar surface area (TPSA) is 55.0 Å². The summed E-state index contributed by atoms with van der Waals surface area (Å²) in [5.74, 6) is 0.547. The largest absolute Gasteiger partial charge is 0.496 e. The molecular formula is C11H9ClN2O2. The highest BCUT2D eigenvalue weighted by Gasteiger charge is 2.09. The van der Waals surface area contributed by atoms with Gasteiger partial charge >= 0.3 is 0 Å². The van der Waals surface area contributed by atoms with Gasteiger partial charge in [-0.05, 0) is 18.2 Å². The summed E-state index contributed by atoms with van der Waals surface area (Å²) in [5.41, 5.74) is 0.910. The van der Waals surface area contributed by atoms with E-state index >= 15 is 0 Å². The first-order valence-corrected chi connectivity index (χ1v) is 4.97. The molecule has 16 heavy (non-hydrogen) atoms. The molecule has 0 amide bonds. The van der Waals surface area contributed by atoms with Crippen molar-refractivity contribution in [2.45, 2.75) is 0 Å². The maximum absolute atomic E-state index is 11.6. The minimum absolute atomic E-state index is 0.212. The van der Waals surface area contributed by atoms with Crippen molar-refractivity contribution in [1.82, 2.24) is 9.97 Å². The van der Waals surface area contributed by atoms with Gasteiger partial charge in [0.05, 0.1) is 19.0 Å². The third-order valence-electron chi connectivity index (χ3n) is 2.17. The summed E-state index contributed by atoms with van der Waals surface area (Å²) in [4.78, 5) is 18.0. The van der Waals surface area contributed by atoms with Gasteiger partial charge in [-0.25, -0.2) is 4.98 Å². The fourth-order valence-corrected chi connectivity index (χ4v) is 1.59. The van der Waals surface area contributed by atoms with Crippen molar-refractivity contribution in [3.8, 4) is 16.9 Å². The molecule has 0 unspecified atom stereocenters. The molecule has 1 N–H and O–H groups in total. The number of aromatic amines is 1. The Morgan fingerprint density at radius 2 is 2.19 bits per heavy atom. The summed E-state index contributed by atoms with van der Waals surface area (Å²) in [6, 6.07) is 5.09. The van der Waals surface area contributed by atoms with Gasteiger partial charge in [0.1, 0.15) is 5.75 Å². The second-order valence-corrected chi connectivity index (χ2v) is 3.58. The second kappa shape index (κ2) is 4.37. The van der Waals surface area contributed by atoms with Crippen molar-refractivity contribution >= 4 is 11.6 Å². The first kappa shape index (κ1) is 10.7. The number of halogens is 1. The van der Waals surface area contributed by atoms with Crippen molar-refractivity contribution in [1.29, 1.82) is 0 Å². The zero-order valence-electron chi connectivity index (χ0n) is 8.53. The van der Waals surface area contributed by atoms with Crippen LogP contribution in [0.25, 0.3) is 11.1 Å². The predicted molar refractivity (Wildman–Crippen MR) is 61.9 cm³/mol. The summed E-state index contributed by atoms with van der Waals surface area (Å²) in [6.45, 7) is 0. The molecule has 1 aromatic carbocycles. The highest BCUT2D eigenvalue weighted by Crippen LogP contribution is 2.29. The molecule has 0 fully saturated rings. The highest BCUT2D eigenvalue weighted by molar-refractivity contribution is 6.30. The van der Waals surface area contributed by atoms with Gasteiger partial charge in [-0.1, -0.05) is 11.6 Å². The monoisotopic (exact) mass is 236 g/mol. The Morgan fingerprint density at radius 1 is 1.38 bits per heavy atom. The van der Waals surface area contributed by atoms with E-state index in [2.05, 4.69) is 9.97 Å². The zero-order valence-corrected chi connectivity index (χ0v) is 9.28. The second-order valence-electron chi connectivity index (χ2n) is 3.14. The number of hydrogen-bond acceptors (Lipinski definition) is 3. The molecule has 1 heterocycles. The third-order valence-corrected chi connectivity index (χ3v) is 2.41. The van der Waals surface area contributed by atoms with Crippen molar-refractivity contribution in [2.24, 2.45) is 0 Å². The Labute approximate surface area is 96.9 Å². The Hall–Kier alpha value is -1.81. The molecule has 2 aromatic rings. The van der Waals surface area contributed by atoms with E-state index in [4.69, 9.17) is 16.3 Å². The van der Waals surface area contributed by atoms with E-state index in [1.807, 2.05) is 0 Å². The van der Waals surface area contributed by atoms with Crippen LogP contribution >= 0.6 is 11.6 Å². The minimum atomic E-state index is -0.212. The number of hydrogen-bond donors (Lipinski definition) is 1. The van der Waals surface area contributed by atoms with E-state index in [-0.39, 0.29) is 5.56 Å². The number of ether oxygens (including phenoxy) is 1. The molecule has 0 saturated carbocycles. The normalized spacial score (nSPS) is 10.1. The molecule has 0 aliphatic carbocycles. The van der Waals surface area contributed by atoms with Gasteiger partial charge in [0.15, 0.2) is 0 Å². The van der Waals surface area contributed by atoms with E-state index in [1.54, 1.807) is 18.2 Å². The lowest BCUT2D eigenvalue weighted by Gasteiger charge is -2.07. The Morgan fingerprint density at radius 3 is 2.88 bits per heavy atom. The molecule has 82 valence electrons. The number of rotatable bonds is 2. The maximum atomic E-state index is 11.6. The number of nitrogens with one attached hydrogen (secondary N) is 1. The molecule has 0 radical (unpaired) electrons. The number of benzene rings is 1. The van der Waals surface area contributed by atoms with Crippen molar-refractivity contribution in [3.63, 3.8) is 0 Å². The Kier molecular flexibility index (Phi) is 2.92. The number of aromatic nitrogens is 2. The summed E-state index contributed by atoms with van der Waals surface area (Å²) in [5, 5.41) is 0.556. The first-order valence-electron chi connectivity index (χ1n) is 4.59. The lowest BCUT2D eigenvalue weighted by atomic mass is 10.1. The van der Waals surface area contributed by atoms with Crippen LogP contribution in [0, 0.1) is 0 Å². The van der Waals surface area contributed by atoms with Crippen molar-refractivity contribution in [2.75, 3.05) is 7.11 Å². The number of H-pyrrole nitrogens is 1. The predicted octanol–water partition coefficient (Wildman–Crippen LogP) is 2.10. The van der Waals surface area contributed by atoms with Crippen molar-refractivity contribution in [3.05, 3.63) is 46.1 Å². The van der Waals surface area contributed by atoms with Gasteiger partial charge in [0.25, 0.3) is 5.56 Å². The molecule has 1 aromatic heterocycles. The van der Waals surface area contributed by atoms with Crippen LogP contribution in [-0.2, 0) is 0 Å². The summed E-state index contributed by atoms with van der Waals surface area (Å²) in [6.07, 6.45) is 2.83. The summed E-state index contributed by atoms with van der Waals surface area (Å²) < 4.78 is 5.17. The van der Waals surface area contributed by atoms with E-state index in [0.29, 0.717) is 21.9 Å². The van der Waals surface area contributed by atoms with Gasteiger partial charge in [0, 0.05) is 16.8 Å². The average Bonchev–Trinajstić information content (AvgIpc) is 2.30. The van der Waals surface area contributed by atoms with Gasteiger partial charge in [-0.2, -0.15) is 0 Å². The summed E-state index contributed by atoms with van der Waals surface area (Å²) in [7, 11) is 1.53. The van der Waals surface area contributed by atoms with Crippen LogP contribution in [0.2, 0.25) is 5.02 Å². The molecular weight excluding hydrogens is 228 g/mol. The van der Waals surface area contributed by atoms with E-state index in [0.717, 1.165) is 0 Å². The number of methoxy groups -OCH3 is 1. The Bertz CT molecular complexity index is 566. The van der Waals surface area contributed by atoms with Crippen LogP contribution in [-0.4, -0.2) is 17.1 Å². The molecule has 0 aliphatic heterocycles. The highest BCUT2D eigenvalue weighted by atomic mass is 35.5. The Balaban J connectivity index is 2.65. The molecule has 4 nitrogen and oxygen atoms in total. The van der Waals surface area contributed by atoms with Gasteiger partial charge in [-0.15, -0.1) is 0 Å². The number of nitrogens with zero attached hydrogens (tertiary/aromatic N) is 1. The fraction of sp³-hybridized carbons (Fsp3) is 0.0909. The quantitative estimate of drug-likeness (QED) is 0.869. The lowest BCUT2D eigenvalue weighted by Crippen LogP contribution is -2.08. The molecule has 5 heteroatoms. The zero-order chi connectivity index (χ0) is 11.5. The third kappa shape index (κ3) is 1.92. The van der Waals surface area contributed by atoms with E-state index in [1.165, 1.54) is 19.6 Å². The van der Waals surface area contributed by atoms with Crippen LogP contribution in [0.3, 0.4) is 0 Å². The van der Waals surface area contributed by atoms with Crippen LogP contribution in [0.5, 0.6) is 5.75 Å². The molecule has 0 bridgehead atoms. The van der Waals surface area contributed by atoms with Crippen molar-refractivity contribution < 1.29 is 4.74 Å². The maximum Gasteiger partial charge on any atom is 0.258 e. The van der Waals surface area contributed by atoms with Crippen LogP contribution in [0.15, 0.2) is 35.5 Å². The van der Waals surface area contributed by atoms with Gasteiger partial charge < -0.3 is 9.72 Å². The fourth-order valence-electron chi connectivity index (χ4n) is 1.42. The smallest absolute Gasteiger partial charge is 0.258 e. The minimum Gasteiger partial charge on any atom is -0.496 e. The first-order chi connectivity index (χ1) is 7.72. The summed E-state index contributed by atoms with van der Waals surface area (Å²) >= 11 is 5.84. The standard InChI is InChI=1S/C11H9ClN2O2/c1-16-10-4-7(12)2-3-8(10)9-5-13-6-14-11(9)15/h2-6H,1H3,(H,13,14,15). The molecule has 0 spiro atoms. The van der Waals surface area contributed by atoms with E-state index < -0.39 is 0 Å². The molecule has 0 saturated heterocycles. The van der Waals surface area contributed by atoms with Crippen LogP contribution in [0.1, 0.15) is 0 Å². The lowest BCUT2D eigenvalue weighted by molar-refractivity contribution is 0.416. The average molecular weight is 237 g/mol. The van der Waals surface area contributed by atoms with Crippen LogP contribution < -0.4 is 10.3 Å². The van der Waals surface area contributed by atoms with Gasteiger partial charge in [-0.3, -0.25) is 4.79 Å². The molecule has 0 aliphatic rings. The van der Waals surface area contributed by atoms with Gasteiger partial charge in [0.2, 0.25) is 0 Å². The van der Waals surface area contributed by atoms with Crippen LogP contribution in [0.4, 0.5) is 0 Å². The molecule has 2 rings (SSSR count).